The van der Waals surface area contributed by atoms with Gasteiger partial charge in [0.2, 0.25) is 0 Å². The maximum absolute atomic E-state index is 3.79. The minimum atomic E-state index is 0. The van der Waals surface area contributed by atoms with Crippen LogP contribution in [0.4, 0.5) is 0 Å². The van der Waals surface area contributed by atoms with E-state index >= 15 is 0 Å². The molecule has 2 rings (SSSR count). The fraction of sp³-hybridized carbons (Fsp3) is 0. The van der Waals surface area contributed by atoms with Crippen LogP contribution in [-0.2, 0) is 20.4 Å². The van der Waals surface area contributed by atoms with Crippen molar-refractivity contribution in [2.24, 2.45) is 0 Å². The molecular formula is C7H4IN2Re-. The fourth-order valence-electron chi connectivity index (χ4n) is 0.855. The van der Waals surface area contributed by atoms with Crippen molar-refractivity contribution in [2.75, 3.05) is 0 Å². The molecule has 1 aromatic heterocycles. The molecule has 0 atom stereocenters. The average Bonchev–Trinajstić information content (AvgIpc) is 2.33. The monoisotopic (exact) mass is 430 g/mol. The topological polar surface area (TPSA) is 28.7 Å². The van der Waals surface area contributed by atoms with Crippen LogP contribution in [0.5, 0.6) is 0 Å². The largest absolute Gasteiger partial charge is 0.344 e. The van der Waals surface area contributed by atoms with Gasteiger partial charge in [-0.25, -0.2) is 0 Å². The van der Waals surface area contributed by atoms with Gasteiger partial charge >= 0.3 is 0 Å². The number of hydrogen-bond acceptors (Lipinski definition) is 1. The second-order valence-corrected chi connectivity index (χ2v) is 3.27. The maximum Gasteiger partial charge on any atom is 0 e. The van der Waals surface area contributed by atoms with Crippen LogP contribution in [0, 0.1) is 9.77 Å². The van der Waals surface area contributed by atoms with Gasteiger partial charge in [0.1, 0.15) is 0 Å². The van der Waals surface area contributed by atoms with E-state index in [0.29, 0.717) is 0 Å². The summed E-state index contributed by atoms with van der Waals surface area (Å²) in [7, 11) is 0. The summed E-state index contributed by atoms with van der Waals surface area (Å²) in [4.78, 5) is 0. The maximum atomic E-state index is 3.79. The van der Waals surface area contributed by atoms with Crippen LogP contribution in [-0.4, -0.2) is 10.2 Å². The molecular weight excluding hydrogens is 425 g/mol. The molecule has 2 nitrogen and oxygen atoms in total. The first-order valence-electron chi connectivity index (χ1n) is 2.87. The normalized spacial score (nSPS) is 9.55. The smallest absolute Gasteiger partial charge is 0 e. The van der Waals surface area contributed by atoms with E-state index in [9.17, 15) is 0 Å². The van der Waals surface area contributed by atoms with E-state index in [4.69, 9.17) is 0 Å². The Bertz CT molecular complexity index is 358. The summed E-state index contributed by atoms with van der Waals surface area (Å²) in [5.74, 6) is 0. The molecule has 4 heteroatoms. The zero-order chi connectivity index (χ0) is 6.97. The second-order valence-electron chi connectivity index (χ2n) is 2.03. The van der Waals surface area contributed by atoms with E-state index in [1.165, 1.54) is 3.57 Å². The molecule has 57 valence electrons. The number of nitrogens with zero attached hydrogens (tertiary/aromatic N) is 1. The summed E-state index contributed by atoms with van der Waals surface area (Å²) in [6.07, 6.45) is 2.85. The summed E-state index contributed by atoms with van der Waals surface area (Å²) in [6.45, 7) is 0. The second kappa shape index (κ2) is 3.66. The Morgan fingerprint density at radius 2 is 2.27 bits per heavy atom. The van der Waals surface area contributed by atoms with Gasteiger partial charge in [-0.2, -0.15) is 0 Å². The van der Waals surface area contributed by atoms with Gasteiger partial charge in [-0.05, 0) is 15.3 Å². The predicted octanol–water partition coefficient (Wildman–Crippen LogP) is 1.97. The molecule has 0 bridgehead atoms. The summed E-state index contributed by atoms with van der Waals surface area (Å²) in [5, 5.41) is 7.68. The number of nitrogens with one attached hydrogen (secondary N) is 1. The minimum absolute atomic E-state index is 0. The third-order valence-electron chi connectivity index (χ3n) is 1.33. The first kappa shape index (κ1) is 9.17. The van der Waals surface area contributed by atoms with Crippen LogP contribution in [0.1, 0.15) is 0 Å². The molecule has 0 aliphatic rings. The summed E-state index contributed by atoms with van der Waals surface area (Å²) in [5.41, 5.74) is 1.04. The number of fused-ring (bicyclic) bond motifs is 1. The predicted molar refractivity (Wildman–Crippen MR) is 47.6 cm³/mol. The molecule has 11 heavy (non-hydrogen) atoms. The number of hydrogen-bond donors (Lipinski definition) is 1. The van der Waals surface area contributed by atoms with E-state index < -0.39 is 0 Å². The standard InChI is InChI=1S/C7H4IN2.Re/c8-6-1-2-7-5(3-6)4-9-10-7;/h1-3H,(H,9,10);/q-1;. The number of halogens is 1. The van der Waals surface area contributed by atoms with Gasteiger partial charge in [0, 0.05) is 20.4 Å². The molecule has 1 N–H and O–H groups in total. The number of rotatable bonds is 0. The van der Waals surface area contributed by atoms with E-state index in [-0.39, 0.29) is 20.4 Å². The molecule has 1 radical (unpaired) electrons. The Morgan fingerprint density at radius 1 is 1.45 bits per heavy atom. The fourth-order valence-corrected chi connectivity index (χ4v) is 1.35. The Hall–Kier alpha value is 0.0823. The molecule has 0 spiro atoms. The van der Waals surface area contributed by atoms with E-state index in [1.54, 1.807) is 0 Å². The molecule has 1 aromatic carbocycles. The van der Waals surface area contributed by atoms with E-state index in [1.807, 2.05) is 18.2 Å². The van der Waals surface area contributed by atoms with Crippen molar-refractivity contribution < 1.29 is 20.4 Å². The van der Waals surface area contributed by atoms with E-state index in [2.05, 4.69) is 39.0 Å². The number of benzene rings is 1. The first-order valence-corrected chi connectivity index (χ1v) is 3.95. The van der Waals surface area contributed by atoms with Crippen molar-refractivity contribution in [3.05, 3.63) is 28.0 Å². The van der Waals surface area contributed by atoms with Gasteiger partial charge in [-0.3, -0.25) is 5.10 Å². The third-order valence-corrected chi connectivity index (χ3v) is 2.01. The van der Waals surface area contributed by atoms with Gasteiger partial charge < -0.3 is 5.10 Å². The average molecular weight is 429 g/mol. The zero-order valence-electron chi connectivity index (χ0n) is 5.44. The first-order chi connectivity index (χ1) is 4.86. The van der Waals surface area contributed by atoms with Gasteiger partial charge in [0.25, 0.3) is 0 Å². The Morgan fingerprint density at radius 3 is 3.09 bits per heavy atom. The number of aromatic amines is 1. The zero-order valence-corrected chi connectivity index (χ0v) is 10.3. The number of H-pyrrole nitrogens is 1. The van der Waals surface area contributed by atoms with Gasteiger partial charge in [-0.15, -0.1) is 11.5 Å². The molecule has 2 aromatic rings. The Balaban J connectivity index is 0.000000605. The Kier molecular flexibility index (Phi) is 3.05. The Labute approximate surface area is 91.6 Å². The van der Waals surface area contributed by atoms with Crippen molar-refractivity contribution in [3.8, 4) is 0 Å². The van der Waals surface area contributed by atoms with Crippen LogP contribution in [0.3, 0.4) is 0 Å². The molecule has 0 aliphatic carbocycles. The molecule has 0 fully saturated rings. The van der Waals surface area contributed by atoms with Crippen molar-refractivity contribution in [1.82, 2.24) is 10.2 Å². The molecule has 0 aliphatic heterocycles. The SMILES string of the molecule is Ic1ccc2[nH]n[c-]c2c1.[Re]. The summed E-state index contributed by atoms with van der Waals surface area (Å²) >= 11 is 2.26. The molecule has 0 amide bonds. The van der Waals surface area contributed by atoms with Crippen molar-refractivity contribution in [1.29, 1.82) is 0 Å². The van der Waals surface area contributed by atoms with Crippen molar-refractivity contribution in [3.63, 3.8) is 0 Å². The summed E-state index contributed by atoms with van der Waals surface area (Å²) < 4.78 is 1.21. The molecule has 0 saturated heterocycles. The minimum Gasteiger partial charge on any atom is -0.344 e. The third kappa shape index (κ3) is 1.81. The van der Waals surface area contributed by atoms with Crippen LogP contribution in [0.25, 0.3) is 10.9 Å². The van der Waals surface area contributed by atoms with Crippen LogP contribution in [0.15, 0.2) is 18.2 Å². The van der Waals surface area contributed by atoms with E-state index in [0.717, 1.165) is 10.9 Å². The van der Waals surface area contributed by atoms with Crippen LogP contribution < -0.4 is 0 Å². The quantitative estimate of drug-likeness (QED) is 0.504. The summed E-state index contributed by atoms with van der Waals surface area (Å²) in [6, 6.07) is 6.08. The molecule has 0 saturated carbocycles. The number of aromatic nitrogens is 2. The van der Waals surface area contributed by atoms with Gasteiger partial charge in [0.15, 0.2) is 0 Å². The van der Waals surface area contributed by atoms with Gasteiger partial charge in [0.05, 0.1) is 0 Å². The van der Waals surface area contributed by atoms with Crippen LogP contribution in [0.2, 0.25) is 0 Å². The van der Waals surface area contributed by atoms with Crippen LogP contribution >= 0.6 is 22.6 Å². The molecule has 0 unspecified atom stereocenters. The molecule has 1 heterocycles. The van der Waals surface area contributed by atoms with Crippen molar-refractivity contribution in [2.45, 2.75) is 0 Å². The van der Waals surface area contributed by atoms with Crippen molar-refractivity contribution >= 4 is 33.5 Å². The van der Waals surface area contributed by atoms with Gasteiger partial charge in [-0.1, -0.05) is 34.7 Å².